The van der Waals surface area contributed by atoms with Crippen molar-refractivity contribution in [3.05, 3.63) is 71.3 Å². The van der Waals surface area contributed by atoms with Crippen molar-refractivity contribution >= 4 is 0 Å². The number of methoxy groups -OCH3 is 1. The van der Waals surface area contributed by atoms with Crippen LogP contribution < -0.4 is 9.80 Å². The first-order valence-corrected chi connectivity index (χ1v) is 10.6. The number of tetrazole rings is 1. The lowest BCUT2D eigenvalue weighted by molar-refractivity contribution is -1.03. The van der Waals surface area contributed by atoms with Crippen molar-refractivity contribution in [2.24, 2.45) is 0 Å². The van der Waals surface area contributed by atoms with Crippen LogP contribution in [0.5, 0.6) is 0 Å². The number of rotatable bonds is 8. The molecular formula is C22H31N7O+2. The Morgan fingerprint density at radius 1 is 1.10 bits per heavy atom. The van der Waals surface area contributed by atoms with Gasteiger partial charge in [-0.15, -0.1) is 5.10 Å². The third-order valence-electron chi connectivity index (χ3n) is 5.92. The molecule has 0 aliphatic carbocycles. The Balaban J connectivity index is 1.52. The lowest BCUT2D eigenvalue weighted by Crippen LogP contribution is -3.27. The number of benzene rings is 1. The first-order chi connectivity index (χ1) is 14.7. The first-order valence-electron chi connectivity index (χ1n) is 10.6. The summed E-state index contributed by atoms with van der Waals surface area (Å²) >= 11 is 0. The monoisotopic (exact) mass is 409 g/mol. The molecule has 30 heavy (non-hydrogen) atoms. The Labute approximate surface area is 177 Å². The van der Waals surface area contributed by atoms with Gasteiger partial charge in [0.25, 0.3) is 0 Å². The molecule has 2 N–H and O–H groups in total. The van der Waals surface area contributed by atoms with Gasteiger partial charge in [0.1, 0.15) is 32.7 Å². The molecule has 0 radical (unpaired) electrons. The lowest BCUT2D eigenvalue weighted by atomic mass is 10.0. The summed E-state index contributed by atoms with van der Waals surface area (Å²) in [5.74, 6) is 0.918. The highest BCUT2D eigenvalue weighted by molar-refractivity contribution is 5.26. The van der Waals surface area contributed by atoms with Gasteiger partial charge in [-0.25, -0.2) is 4.68 Å². The van der Waals surface area contributed by atoms with Crippen LogP contribution in [0.2, 0.25) is 0 Å². The molecule has 3 heterocycles. The van der Waals surface area contributed by atoms with Crippen molar-refractivity contribution in [2.45, 2.75) is 26.1 Å². The second kappa shape index (κ2) is 9.88. The van der Waals surface area contributed by atoms with Crippen LogP contribution in [0.4, 0.5) is 0 Å². The second-order valence-electron chi connectivity index (χ2n) is 8.04. The van der Waals surface area contributed by atoms with E-state index < -0.39 is 0 Å². The van der Waals surface area contributed by atoms with Crippen LogP contribution in [0.1, 0.15) is 28.6 Å². The summed E-state index contributed by atoms with van der Waals surface area (Å²) in [5.41, 5.74) is 3.83. The van der Waals surface area contributed by atoms with E-state index in [0.717, 1.165) is 38.5 Å². The van der Waals surface area contributed by atoms with E-state index in [9.17, 15) is 0 Å². The summed E-state index contributed by atoms with van der Waals surface area (Å²) in [5, 5.41) is 12.7. The average Bonchev–Trinajstić information content (AvgIpc) is 3.24. The highest BCUT2D eigenvalue weighted by Gasteiger charge is 2.35. The Kier molecular flexibility index (Phi) is 6.78. The summed E-state index contributed by atoms with van der Waals surface area (Å²) in [6, 6.07) is 13.1. The summed E-state index contributed by atoms with van der Waals surface area (Å²) < 4.78 is 7.15. The van der Waals surface area contributed by atoms with E-state index in [1.807, 2.05) is 23.1 Å². The molecule has 0 unspecified atom stereocenters. The van der Waals surface area contributed by atoms with Gasteiger partial charge in [-0.1, -0.05) is 35.9 Å². The van der Waals surface area contributed by atoms with Gasteiger partial charge in [0.15, 0.2) is 6.04 Å². The molecule has 3 aromatic rings. The zero-order valence-corrected chi connectivity index (χ0v) is 17.8. The van der Waals surface area contributed by atoms with Gasteiger partial charge >= 0.3 is 0 Å². The molecule has 1 aromatic carbocycles. The number of piperazine rings is 1. The molecule has 158 valence electrons. The smallest absolute Gasteiger partial charge is 0.214 e. The van der Waals surface area contributed by atoms with Crippen molar-refractivity contribution in [3.63, 3.8) is 0 Å². The van der Waals surface area contributed by atoms with E-state index in [4.69, 9.17) is 4.74 Å². The van der Waals surface area contributed by atoms with E-state index >= 15 is 0 Å². The van der Waals surface area contributed by atoms with Gasteiger partial charge < -0.3 is 14.5 Å². The van der Waals surface area contributed by atoms with E-state index in [1.165, 1.54) is 21.6 Å². The summed E-state index contributed by atoms with van der Waals surface area (Å²) in [4.78, 5) is 7.38. The van der Waals surface area contributed by atoms with Crippen molar-refractivity contribution in [2.75, 3.05) is 39.9 Å². The predicted molar refractivity (Wildman–Crippen MR) is 112 cm³/mol. The number of pyridine rings is 1. The van der Waals surface area contributed by atoms with Gasteiger partial charge in [0.05, 0.1) is 13.2 Å². The molecule has 2 aromatic heterocycles. The lowest BCUT2D eigenvalue weighted by Gasteiger charge is -2.34. The molecule has 8 heteroatoms. The highest BCUT2D eigenvalue weighted by Crippen LogP contribution is 2.18. The molecule has 1 aliphatic heterocycles. The topological polar surface area (TPSA) is 74.6 Å². The van der Waals surface area contributed by atoms with Crippen LogP contribution in [0, 0.1) is 6.92 Å². The molecule has 1 atom stereocenters. The third-order valence-corrected chi connectivity index (χ3v) is 5.92. The molecule has 1 aliphatic rings. The zero-order valence-electron chi connectivity index (χ0n) is 17.8. The number of quaternary nitrogens is 2. The number of ether oxygens (including phenoxy) is 1. The van der Waals surface area contributed by atoms with E-state index in [-0.39, 0.29) is 6.04 Å². The molecule has 1 fully saturated rings. The van der Waals surface area contributed by atoms with Gasteiger partial charge in [-0.2, -0.15) is 0 Å². The number of aromatic nitrogens is 5. The van der Waals surface area contributed by atoms with Gasteiger partial charge in [-0.05, 0) is 23.4 Å². The second-order valence-corrected chi connectivity index (χ2v) is 8.04. The Hall–Kier alpha value is -2.68. The number of hydrogen-bond acceptors (Lipinski definition) is 5. The maximum absolute atomic E-state index is 5.26. The number of hydrogen-bond donors (Lipinski definition) is 2. The Bertz CT molecular complexity index is 905. The third kappa shape index (κ3) is 4.89. The quantitative estimate of drug-likeness (QED) is 0.504. The fraction of sp³-hybridized carbons (Fsp3) is 0.455. The zero-order chi connectivity index (χ0) is 20.8. The van der Waals surface area contributed by atoms with Crippen LogP contribution >= 0.6 is 0 Å². The normalized spacial score (nSPS) is 20.2. The Morgan fingerprint density at radius 2 is 1.90 bits per heavy atom. The highest BCUT2D eigenvalue weighted by atomic mass is 16.5. The predicted octanol–water partition coefficient (Wildman–Crippen LogP) is -0.904. The maximum Gasteiger partial charge on any atom is 0.214 e. The fourth-order valence-corrected chi connectivity index (χ4v) is 4.26. The summed E-state index contributed by atoms with van der Waals surface area (Å²) in [6.45, 7) is 8.79. The van der Waals surface area contributed by atoms with Crippen molar-refractivity contribution in [1.29, 1.82) is 0 Å². The fourth-order valence-electron chi connectivity index (χ4n) is 4.26. The number of nitrogens with zero attached hydrogens (tertiary/aromatic N) is 5. The SMILES string of the molecule is COCCn1nnnc1[C@@H](c1ccc(C)cc1)[NH+]1CC[NH+](Cc2cccnc2)CC1. The van der Waals surface area contributed by atoms with E-state index in [0.29, 0.717) is 13.2 Å². The first kappa shape index (κ1) is 20.6. The number of aryl methyl sites for hydroxylation is 1. The summed E-state index contributed by atoms with van der Waals surface area (Å²) in [6.07, 6.45) is 3.81. The van der Waals surface area contributed by atoms with Crippen molar-refractivity contribution in [1.82, 2.24) is 25.2 Å². The molecule has 1 saturated heterocycles. The van der Waals surface area contributed by atoms with Gasteiger partial charge in [0.2, 0.25) is 5.82 Å². The molecule has 8 nitrogen and oxygen atoms in total. The Morgan fingerprint density at radius 3 is 2.60 bits per heavy atom. The van der Waals surface area contributed by atoms with Gasteiger partial charge in [-0.3, -0.25) is 4.98 Å². The van der Waals surface area contributed by atoms with Crippen LogP contribution in [-0.2, 0) is 17.8 Å². The maximum atomic E-state index is 5.26. The van der Waals surface area contributed by atoms with Crippen LogP contribution in [0.15, 0.2) is 48.8 Å². The van der Waals surface area contributed by atoms with Crippen LogP contribution in [-0.4, -0.2) is 65.1 Å². The average molecular weight is 410 g/mol. The largest absolute Gasteiger partial charge is 0.383 e. The molecule has 4 rings (SSSR count). The summed E-state index contributed by atoms with van der Waals surface area (Å²) in [7, 11) is 1.71. The molecule has 0 amide bonds. The number of nitrogens with one attached hydrogen (secondary N) is 2. The minimum Gasteiger partial charge on any atom is -0.383 e. The molecule has 0 saturated carbocycles. The molecule has 0 spiro atoms. The standard InChI is InChI=1S/C22H29N7O/c1-18-5-7-20(8-6-18)21(22-24-25-26-29(22)14-15-30-2)28-12-10-27(11-13-28)17-19-4-3-9-23-16-19/h3-9,16,21H,10-15,17H2,1-2H3/p+2/t21-/m1/s1. The minimum absolute atomic E-state index is 0.123. The van der Waals surface area contributed by atoms with Crippen LogP contribution in [0.3, 0.4) is 0 Å². The van der Waals surface area contributed by atoms with Gasteiger partial charge in [0, 0.05) is 30.6 Å². The van der Waals surface area contributed by atoms with Crippen molar-refractivity contribution < 1.29 is 14.5 Å². The molecular weight excluding hydrogens is 378 g/mol. The minimum atomic E-state index is 0.123. The molecule has 0 bridgehead atoms. The van der Waals surface area contributed by atoms with E-state index in [1.54, 1.807) is 12.0 Å². The van der Waals surface area contributed by atoms with E-state index in [2.05, 4.69) is 57.8 Å². The van der Waals surface area contributed by atoms with Crippen LogP contribution in [0.25, 0.3) is 0 Å². The van der Waals surface area contributed by atoms with Crippen molar-refractivity contribution in [3.8, 4) is 0 Å².